The van der Waals surface area contributed by atoms with Gasteiger partial charge < -0.3 is 9.73 Å². The topological polar surface area (TPSA) is 25.2 Å². The number of furan rings is 1. The summed E-state index contributed by atoms with van der Waals surface area (Å²) in [5.41, 5.74) is 1.84. The van der Waals surface area contributed by atoms with Gasteiger partial charge in [0.25, 0.3) is 0 Å². The molecule has 0 amide bonds. The maximum absolute atomic E-state index is 13.8. The van der Waals surface area contributed by atoms with Crippen LogP contribution in [0.4, 0.5) is 4.39 Å². The zero-order chi connectivity index (χ0) is 13.8. The number of nitrogens with one attached hydrogen (secondary N) is 1. The Morgan fingerprint density at radius 1 is 1.26 bits per heavy atom. The van der Waals surface area contributed by atoms with Gasteiger partial charge in [0.05, 0.1) is 0 Å². The van der Waals surface area contributed by atoms with Crippen molar-refractivity contribution in [3.8, 4) is 0 Å². The molecule has 1 N–H and O–H groups in total. The van der Waals surface area contributed by atoms with Crippen molar-refractivity contribution in [2.24, 2.45) is 0 Å². The van der Waals surface area contributed by atoms with Crippen molar-refractivity contribution in [3.63, 3.8) is 0 Å². The molecule has 0 saturated carbocycles. The smallest absolute Gasteiger partial charge is 0.126 e. The van der Waals surface area contributed by atoms with Gasteiger partial charge in [-0.3, -0.25) is 0 Å². The quantitative estimate of drug-likeness (QED) is 0.882. The largest absolute Gasteiger partial charge is 0.466 e. The number of rotatable bonds is 5. The van der Waals surface area contributed by atoms with E-state index in [2.05, 4.69) is 12.2 Å². The molecule has 1 atom stereocenters. The summed E-state index contributed by atoms with van der Waals surface area (Å²) in [6, 6.07) is 9.04. The van der Waals surface area contributed by atoms with Crippen LogP contribution in [0.25, 0.3) is 0 Å². The molecule has 2 aromatic rings. The molecule has 0 aliphatic carbocycles. The molecule has 2 nitrogen and oxygen atoms in total. The summed E-state index contributed by atoms with van der Waals surface area (Å²) < 4.78 is 19.3. The normalized spacial score (nSPS) is 12.6. The second kappa shape index (κ2) is 6.02. The van der Waals surface area contributed by atoms with Gasteiger partial charge in [0, 0.05) is 11.6 Å². The standard InChI is InChI=1S/C16H20FNO/c1-4-18-16(14-9-11(2)19-12(14)3)10-13-7-5-6-8-15(13)17/h5-9,16,18H,4,10H2,1-3H3. The van der Waals surface area contributed by atoms with E-state index in [1.165, 1.54) is 6.07 Å². The van der Waals surface area contributed by atoms with E-state index in [-0.39, 0.29) is 11.9 Å². The van der Waals surface area contributed by atoms with E-state index in [4.69, 9.17) is 4.42 Å². The Hall–Kier alpha value is -1.61. The summed E-state index contributed by atoms with van der Waals surface area (Å²) in [5.74, 6) is 1.65. The molecule has 0 spiro atoms. The Morgan fingerprint density at radius 3 is 2.58 bits per heavy atom. The van der Waals surface area contributed by atoms with Crippen LogP contribution < -0.4 is 5.32 Å². The van der Waals surface area contributed by atoms with Crippen molar-refractivity contribution in [2.75, 3.05) is 6.54 Å². The first-order valence-corrected chi connectivity index (χ1v) is 6.65. The highest BCUT2D eigenvalue weighted by atomic mass is 19.1. The second-order valence-corrected chi connectivity index (χ2v) is 4.77. The van der Waals surface area contributed by atoms with E-state index in [1.807, 2.05) is 32.0 Å². The summed E-state index contributed by atoms with van der Waals surface area (Å²) in [6.45, 7) is 6.77. The van der Waals surface area contributed by atoms with Crippen LogP contribution in [0.1, 0.15) is 35.6 Å². The summed E-state index contributed by atoms with van der Waals surface area (Å²) in [4.78, 5) is 0. The summed E-state index contributed by atoms with van der Waals surface area (Å²) in [6.07, 6.45) is 0.625. The first-order valence-electron chi connectivity index (χ1n) is 6.65. The lowest BCUT2D eigenvalue weighted by Gasteiger charge is -2.17. The van der Waals surface area contributed by atoms with E-state index in [0.717, 1.165) is 29.2 Å². The SMILES string of the molecule is CCNC(Cc1ccccc1F)c1cc(C)oc1C. The van der Waals surface area contributed by atoms with Crippen molar-refractivity contribution in [1.82, 2.24) is 5.32 Å². The lowest BCUT2D eigenvalue weighted by atomic mass is 9.98. The average Bonchev–Trinajstić information content (AvgIpc) is 2.70. The Balaban J connectivity index is 2.26. The number of benzene rings is 1. The Labute approximate surface area is 113 Å². The van der Waals surface area contributed by atoms with Crippen molar-refractivity contribution in [2.45, 2.75) is 33.2 Å². The number of aryl methyl sites for hydroxylation is 2. The third kappa shape index (κ3) is 3.24. The third-order valence-electron chi connectivity index (χ3n) is 3.29. The third-order valence-corrected chi connectivity index (χ3v) is 3.29. The van der Waals surface area contributed by atoms with E-state index < -0.39 is 0 Å². The van der Waals surface area contributed by atoms with Crippen LogP contribution in [0.2, 0.25) is 0 Å². The lowest BCUT2D eigenvalue weighted by molar-refractivity contribution is 0.481. The molecule has 0 aliphatic heterocycles. The lowest BCUT2D eigenvalue weighted by Crippen LogP contribution is -2.23. The molecule has 0 radical (unpaired) electrons. The molecule has 3 heteroatoms. The van der Waals surface area contributed by atoms with Gasteiger partial charge in [-0.15, -0.1) is 0 Å². The molecule has 1 aromatic carbocycles. The van der Waals surface area contributed by atoms with Gasteiger partial charge >= 0.3 is 0 Å². The maximum Gasteiger partial charge on any atom is 0.126 e. The van der Waals surface area contributed by atoms with Crippen LogP contribution in [-0.2, 0) is 6.42 Å². The fourth-order valence-electron chi connectivity index (χ4n) is 2.42. The van der Waals surface area contributed by atoms with Gasteiger partial charge in [-0.05, 0) is 44.5 Å². The van der Waals surface area contributed by atoms with Gasteiger partial charge in [-0.1, -0.05) is 25.1 Å². The van der Waals surface area contributed by atoms with Crippen molar-refractivity contribution < 1.29 is 8.81 Å². The van der Waals surface area contributed by atoms with E-state index in [9.17, 15) is 4.39 Å². The van der Waals surface area contributed by atoms with Crippen LogP contribution in [0.15, 0.2) is 34.7 Å². The molecule has 0 bridgehead atoms. The first-order chi connectivity index (χ1) is 9.11. The van der Waals surface area contributed by atoms with E-state index >= 15 is 0 Å². The predicted molar refractivity (Wildman–Crippen MR) is 74.7 cm³/mol. The van der Waals surface area contributed by atoms with Crippen molar-refractivity contribution >= 4 is 0 Å². The van der Waals surface area contributed by atoms with Crippen LogP contribution in [0.3, 0.4) is 0 Å². The molecule has 2 rings (SSSR count). The fourth-order valence-corrected chi connectivity index (χ4v) is 2.42. The van der Waals surface area contributed by atoms with Crippen LogP contribution in [0.5, 0.6) is 0 Å². The minimum atomic E-state index is -0.150. The van der Waals surface area contributed by atoms with Crippen molar-refractivity contribution in [3.05, 3.63) is 58.8 Å². The minimum Gasteiger partial charge on any atom is -0.466 e. The molecule has 1 heterocycles. The van der Waals surface area contributed by atoms with Crippen LogP contribution in [-0.4, -0.2) is 6.54 Å². The number of hydrogen-bond acceptors (Lipinski definition) is 2. The Bertz CT molecular complexity index is 547. The van der Waals surface area contributed by atoms with Gasteiger partial charge in [0.15, 0.2) is 0 Å². The molecule has 102 valence electrons. The average molecular weight is 261 g/mol. The summed E-state index contributed by atoms with van der Waals surface area (Å²) >= 11 is 0. The first kappa shape index (κ1) is 13.8. The number of likely N-dealkylation sites (N-methyl/N-ethyl adjacent to an activating group) is 1. The molecule has 0 saturated heterocycles. The zero-order valence-electron chi connectivity index (χ0n) is 11.7. The van der Waals surface area contributed by atoms with E-state index in [0.29, 0.717) is 6.42 Å². The molecule has 1 unspecified atom stereocenters. The van der Waals surface area contributed by atoms with Gasteiger partial charge in [-0.25, -0.2) is 4.39 Å². The minimum absolute atomic E-state index is 0.0827. The van der Waals surface area contributed by atoms with Crippen LogP contribution >= 0.6 is 0 Å². The Kier molecular flexibility index (Phi) is 4.38. The molecule has 19 heavy (non-hydrogen) atoms. The van der Waals surface area contributed by atoms with Crippen LogP contribution in [0, 0.1) is 19.7 Å². The Morgan fingerprint density at radius 2 is 2.00 bits per heavy atom. The highest BCUT2D eigenvalue weighted by Crippen LogP contribution is 2.25. The fraction of sp³-hybridized carbons (Fsp3) is 0.375. The van der Waals surface area contributed by atoms with Gasteiger partial charge in [-0.2, -0.15) is 0 Å². The monoisotopic (exact) mass is 261 g/mol. The molecular formula is C16H20FNO. The molecular weight excluding hydrogens is 241 g/mol. The van der Waals surface area contributed by atoms with Crippen molar-refractivity contribution in [1.29, 1.82) is 0 Å². The number of halogens is 1. The van der Waals surface area contributed by atoms with Gasteiger partial charge in [0.1, 0.15) is 17.3 Å². The number of hydrogen-bond donors (Lipinski definition) is 1. The second-order valence-electron chi connectivity index (χ2n) is 4.77. The highest BCUT2D eigenvalue weighted by Gasteiger charge is 2.18. The molecule has 0 aliphatic rings. The zero-order valence-corrected chi connectivity index (χ0v) is 11.7. The predicted octanol–water partition coefficient (Wildman–Crippen LogP) is 3.93. The van der Waals surface area contributed by atoms with E-state index in [1.54, 1.807) is 6.07 Å². The molecule has 0 fully saturated rings. The summed E-state index contributed by atoms with van der Waals surface area (Å²) in [7, 11) is 0. The maximum atomic E-state index is 13.8. The molecule has 1 aromatic heterocycles. The van der Waals surface area contributed by atoms with Gasteiger partial charge in [0.2, 0.25) is 0 Å². The highest BCUT2D eigenvalue weighted by molar-refractivity contribution is 5.27. The summed E-state index contributed by atoms with van der Waals surface area (Å²) in [5, 5.41) is 3.40.